The Bertz CT molecular complexity index is 734. The molecule has 2 N–H and O–H groups in total. The Morgan fingerprint density at radius 2 is 2.32 bits per heavy atom. The standard InChI is InChI=1S/C12H9ClN4OS/c1-19-12-16-9(11(18)17-12)2-6-4-14-10-8(6)3-7(13)5-15-10/h2-5H,1H3,(H,14,15)(H,16,17,18). The minimum Gasteiger partial charge on any atom is -0.346 e. The third-order valence-corrected chi connectivity index (χ3v) is 3.48. The van der Waals surface area contributed by atoms with Crippen molar-refractivity contribution in [3.05, 3.63) is 34.7 Å². The molecule has 0 fully saturated rings. The number of thioether (sulfide) groups is 1. The number of hydrogen-bond donors (Lipinski definition) is 2. The number of hydrogen-bond acceptors (Lipinski definition) is 4. The number of amidine groups is 1. The van der Waals surface area contributed by atoms with E-state index in [-0.39, 0.29) is 5.91 Å². The minimum absolute atomic E-state index is 0.200. The van der Waals surface area contributed by atoms with Crippen LogP contribution in [0.25, 0.3) is 17.1 Å². The Morgan fingerprint density at radius 3 is 3.05 bits per heavy atom. The molecule has 2 aromatic rings. The predicted octanol–water partition coefficient (Wildman–Crippen LogP) is 2.41. The molecule has 0 unspecified atom stereocenters. The predicted molar refractivity (Wildman–Crippen MR) is 78.2 cm³/mol. The van der Waals surface area contributed by atoms with Crippen LogP contribution in [-0.2, 0) is 4.79 Å². The van der Waals surface area contributed by atoms with E-state index in [1.807, 2.05) is 6.26 Å². The number of carbonyl (C=O) groups excluding carboxylic acids is 1. The molecule has 3 rings (SSSR count). The van der Waals surface area contributed by atoms with Gasteiger partial charge >= 0.3 is 0 Å². The molecule has 2 aromatic heterocycles. The normalized spacial score (nSPS) is 17.1. The molecule has 0 spiro atoms. The van der Waals surface area contributed by atoms with Gasteiger partial charge in [-0.2, -0.15) is 0 Å². The number of carbonyl (C=O) groups is 1. The van der Waals surface area contributed by atoms with E-state index in [1.165, 1.54) is 11.8 Å². The molecule has 7 heteroatoms. The van der Waals surface area contributed by atoms with Gasteiger partial charge in [-0.15, -0.1) is 0 Å². The number of amides is 1. The van der Waals surface area contributed by atoms with E-state index < -0.39 is 0 Å². The Labute approximate surface area is 118 Å². The average molecular weight is 293 g/mol. The lowest BCUT2D eigenvalue weighted by molar-refractivity contribution is -0.115. The van der Waals surface area contributed by atoms with Gasteiger partial charge in [-0.05, 0) is 18.4 Å². The van der Waals surface area contributed by atoms with Crippen LogP contribution in [0.1, 0.15) is 5.56 Å². The summed E-state index contributed by atoms with van der Waals surface area (Å²) in [7, 11) is 0. The fourth-order valence-electron chi connectivity index (χ4n) is 1.81. The van der Waals surface area contributed by atoms with Gasteiger partial charge in [0.05, 0.1) is 5.02 Å². The van der Waals surface area contributed by atoms with Gasteiger partial charge < -0.3 is 4.98 Å². The molecule has 0 radical (unpaired) electrons. The number of aromatic amines is 1. The van der Waals surface area contributed by atoms with Crippen molar-refractivity contribution in [1.29, 1.82) is 0 Å². The van der Waals surface area contributed by atoms with E-state index in [0.717, 1.165) is 16.6 Å². The molecule has 0 saturated carbocycles. The maximum atomic E-state index is 11.7. The Balaban J connectivity index is 2.08. The van der Waals surface area contributed by atoms with Crippen molar-refractivity contribution < 1.29 is 4.79 Å². The highest BCUT2D eigenvalue weighted by Gasteiger charge is 2.19. The summed E-state index contributed by atoms with van der Waals surface area (Å²) in [6, 6.07) is 1.80. The first-order chi connectivity index (χ1) is 9.17. The van der Waals surface area contributed by atoms with Crippen LogP contribution < -0.4 is 5.32 Å². The fourth-order valence-corrected chi connectivity index (χ4v) is 2.35. The summed E-state index contributed by atoms with van der Waals surface area (Å²) < 4.78 is 0. The van der Waals surface area contributed by atoms with Crippen LogP contribution >= 0.6 is 23.4 Å². The van der Waals surface area contributed by atoms with E-state index in [2.05, 4.69) is 20.3 Å². The Hall–Kier alpha value is -1.79. The Kier molecular flexibility index (Phi) is 3.04. The van der Waals surface area contributed by atoms with Gasteiger partial charge in [0.25, 0.3) is 5.91 Å². The van der Waals surface area contributed by atoms with Crippen LogP contribution in [-0.4, -0.2) is 27.3 Å². The number of nitrogens with one attached hydrogen (secondary N) is 2. The van der Waals surface area contributed by atoms with Crippen molar-refractivity contribution in [2.24, 2.45) is 4.99 Å². The highest BCUT2D eigenvalue weighted by atomic mass is 35.5. The number of pyridine rings is 1. The van der Waals surface area contributed by atoms with Gasteiger partial charge in [-0.25, -0.2) is 9.98 Å². The summed E-state index contributed by atoms with van der Waals surface area (Å²) in [5.41, 5.74) is 1.94. The molecule has 19 heavy (non-hydrogen) atoms. The van der Waals surface area contributed by atoms with Gasteiger partial charge in [0.2, 0.25) is 0 Å². The van der Waals surface area contributed by atoms with E-state index in [1.54, 1.807) is 24.5 Å². The highest BCUT2D eigenvalue weighted by molar-refractivity contribution is 8.13. The third-order valence-electron chi connectivity index (χ3n) is 2.69. The summed E-state index contributed by atoms with van der Waals surface area (Å²) in [6.45, 7) is 0. The second-order valence-corrected chi connectivity index (χ2v) is 5.13. The van der Waals surface area contributed by atoms with Gasteiger partial charge in [-0.3, -0.25) is 10.1 Å². The fraction of sp³-hybridized carbons (Fsp3) is 0.0833. The molecule has 0 bridgehead atoms. The Morgan fingerprint density at radius 1 is 1.47 bits per heavy atom. The molecule has 1 amide bonds. The van der Waals surface area contributed by atoms with Crippen LogP contribution in [0.5, 0.6) is 0 Å². The number of fused-ring (bicyclic) bond motifs is 1. The molecule has 0 aromatic carbocycles. The summed E-state index contributed by atoms with van der Waals surface area (Å²) in [6.07, 6.45) is 6.93. The molecule has 3 heterocycles. The summed E-state index contributed by atoms with van der Waals surface area (Å²) in [5, 5.41) is 4.70. The largest absolute Gasteiger partial charge is 0.346 e. The number of H-pyrrole nitrogens is 1. The zero-order chi connectivity index (χ0) is 13.4. The van der Waals surface area contributed by atoms with Gasteiger partial charge in [-0.1, -0.05) is 23.4 Å². The van der Waals surface area contributed by atoms with Crippen molar-refractivity contribution in [1.82, 2.24) is 15.3 Å². The van der Waals surface area contributed by atoms with Crippen LogP contribution in [0, 0.1) is 0 Å². The first kappa shape index (κ1) is 12.3. The zero-order valence-corrected chi connectivity index (χ0v) is 11.5. The van der Waals surface area contributed by atoms with Crippen molar-refractivity contribution in [3.63, 3.8) is 0 Å². The third kappa shape index (κ3) is 2.24. The van der Waals surface area contributed by atoms with Crippen LogP contribution in [0.3, 0.4) is 0 Å². The second kappa shape index (κ2) is 4.71. The van der Waals surface area contributed by atoms with E-state index in [4.69, 9.17) is 11.6 Å². The van der Waals surface area contributed by atoms with Crippen molar-refractivity contribution in [3.8, 4) is 0 Å². The second-order valence-electron chi connectivity index (χ2n) is 3.90. The smallest absolute Gasteiger partial charge is 0.275 e. The number of aliphatic imine (C=N–C) groups is 1. The molecule has 96 valence electrons. The molecule has 1 aliphatic rings. The first-order valence-corrected chi connectivity index (χ1v) is 7.06. The van der Waals surface area contributed by atoms with Crippen LogP contribution in [0.15, 0.2) is 29.1 Å². The van der Waals surface area contributed by atoms with E-state index >= 15 is 0 Å². The number of nitrogens with zero attached hydrogens (tertiary/aromatic N) is 2. The molecule has 0 saturated heterocycles. The monoisotopic (exact) mass is 292 g/mol. The van der Waals surface area contributed by atoms with Gasteiger partial charge in [0, 0.05) is 23.3 Å². The SMILES string of the molecule is CSC1=NC(=Cc2c[nH]c3ncc(Cl)cc23)C(=O)N1. The van der Waals surface area contributed by atoms with Crippen molar-refractivity contribution >= 4 is 51.5 Å². The minimum atomic E-state index is -0.200. The number of halogens is 1. The lowest BCUT2D eigenvalue weighted by Crippen LogP contribution is -2.21. The maximum absolute atomic E-state index is 11.7. The van der Waals surface area contributed by atoms with E-state index in [9.17, 15) is 4.79 Å². The van der Waals surface area contributed by atoms with Crippen molar-refractivity contribution in [2.45, 2.75) is 0 Å². The maximum Gasteiger partial charge on any atom is 0.275 e. The zero-order valence-electron chi connectivity index (χ0n) is 9.90. The molecule has 1 aliphatic heterocycles. The van der Waals surface area contributed by atoms with Crippen LogP contribution in [0.2, 0.25) is 5.02 Å². The van der Waals surface area contributed by atoms with E-state index in [0.29, 0.717) is 15.9 Å². The van der Waals surface area contributed by atoms with Gasteiger partial charge in [0.1, 0.15) is 11.3 Å². The first-order valence-electron chi connectivity index (χ1n) is 5.46. The quantitative estimate of drug-likeness (QED) is 0.793. The van der Waals surface area contributed by atoms with Crippen LogP contribution in [0.4, 0.5) is 0 Å². The average Bonchev–Trinajstić information content (AvgIpc) is 2.95. The lowest BCUT2D eigenvalue weighted by atomic mass is 10.2. The number of aromatic nitrogens is 2. The summed E-state index contributed by atoms with van der Waals surface area (Å²) in [4.78, 5) is 23.1. The number of rotatable bonds is 1. The molecular weight excluding hydrogens is 284 g/mol. The summed E-state index contributed by atoms with van der Waals surface area (Å²) >= 11 is 7.33. The molecule has 5 nitrogen and oxygen atoms in total. The lowest BCUT2D eigenvalue weighted by Gasteiger charge is -1.94. The summed E-state index contributed by atoms with van der Waals surface area (Å²) in [5.74, 6) is -0.200. The molecule has 0 atom stereocenters. The highest BCUT2D eigenvalue weighted by Crippen LogP contribution is 2.23. The topological polar surface area (TPSA) is 70.1 Å². The van der Waals surface area contributed by atoms with Crippen molar-refractivity contribution in [2.75, 3.05) is 6.26 Å². The molecular formula is C12H9ClN4OS. The van der Waals surface area contributed by atoms with Gasteiger partial charge in [0.15, 0.2) is 5.17 Å². The molecule has 0 aliphatic carbocycles.